The molecule has 6 nitrogen and oxygen atoms in total. The number of carbonyl (C=O) groups is 2. The molecular weight excluding hydrogens is 246 g/mol. The maximum atomic E-state index is 11.9. The number of aryl methyl sites for hydroxylation is 1. The van der Waals surface area contributed by atoms with Crippen LogP contribution >= 0.6 is 0 Å². The Kier molecular flexibility index (Phi) is 4.19. The molecule has 1 saturated carbocycles. The van der Waals surface area contributed by atoms with Gasteiger partial charge >= 0.3 is 0 Å². The summed E-state index contributed by atoms with van der Waals surface area (Å²) in [6.45, 7) is 3.14. The fourth-order valence-corrected chi connectivity index (χ4v) is 2.32. The number of carbonyl (C=O) groups excluding carboxylic acids is 2. The van der Waals surface area contributed by atoms with Gasteiger partial charge in [0.1, 0.15) is 12.3 Å². The van der Waals surface area contributed by atoms with E-state index in [1.165, 1.54) is 11.8 Å². The molecule has 1 aliphatic rings. The summed E-state index contributed by atoms with van der Waals surface area (Å²) in [4.78, 5) is 24.8. The third-order valence-corrected chi connectivity index (χ3v) is 3.29. The van der Waals surface area contributed by atoms with Crippen LogP contribution in [0.3, 0.4) is 0 Å². The van der Waals surface area contributed by atoms with E-state index in [1.54, 1.807) is 13.0 Å². The van der Waals surface area contributed by atoms with Crippen molar-refractivity contribution in [2.45, 2.75) is 45.6 Å². The van der Waals surface area contributed by atoms with Crippen molar-refractivity contribution < 1.29 is 14.1 Å². The predicted molar refractivity (Wildman–Crippen MR) is 69.7 cm³/mol. The Morgan fingerprint density at radius 1 is 1.47 bits per heavy atom. The lowest BCUT2D eigenvalue weighted by molar-refractivity contribution is -0.123. The van der Waals surface area contributed by atoms with Crippen LogP contribution in [0.4, 0.5) is 5.82 Å². The fourth-order valence-electron chi connectivity index (χ4n) is 2.32. The SMILES string of the molecule is CC(=O)N(CC(=O)NC1CCCC1)c1cc(C)on1. The Hall–Kier alpha value is -1.85. The van der Waals surface area contributed by atoms with Crippen LogP contribution in [-0.2, 0) is 9.59 Å². The topological polar surface area (TPSA) is 75.4 Å². The molecular formula is C13H19N3O3. The molecule has 0 radical (unpaired) electrons. The molecule has 0 atom stereocenters. The van der Waals surface area contributed by atoms with E-state index in [4.69, 9.17) is 4.52 Å². The van der Waals surface area contributed by atoms with Crippen molar-refractivity contribution in [1.29, 1.82) is 0 Å². The highest BCUT2D eigenvalue weighted by Crippen LogP contribution is 2.18. The first-order valence-corrected chi connectivity index (χ1v) is 6.57. The summed E-state index contributed by atoms with van der Waals surface area (Å²) in [5.74, 6) is 0.613. The number of anilines is 1. The second-order valence-corrected chi connectivity index (χ2v) is 4.95. The van der Waals surface area contributed by atoms with E-state index in [9.17, 15) is 9.59 Å². The molecule has 0 saturated heterocycles. The first-order valence-electron chi connectivity index (χ1n) is 6.57. The Morgan fingerprint density at radius 2 is 2.16 bits per heavy atom. The summed E-state index contributed by atoms with van der Waals surface area (Å²) in [6.07, 6.45) is 4.36. The highest BCUT2D eigenvalue weighted by Gasteiger charge is 2.22. The highest BCUT2D eigenvalue weighted by atomic mass is 16.5. The summed E-state index contributed by atoms with van der Waals surface area (Å²) in [6, 6.07) is 1.89. The number of amides is 2. The molecule has 1 aromatic heterocycles. The molecule has 0 aromatic carbocycles. The molecule has 0 spiro atoms. The van der Waals surface area contributed by atoms with Crippen LogP contribution in [-0.4, -0.2) is 29.6 Å². The number of nitrogens with one attached hydrogen (secondary N) is 1. The van der Waals surface area contributed by atoms with Gasteiger partial charge in [0.05, 0.1) is 0 Å². The van der Waals surface area contributed by atoms with E-state index in [0.29, 0.717) is 11.6 Å². The van der Waals surface area contributed by atoms with Crippen molar-refractivity contribution in [3.05, 3.63) is 11.8 Å². The monoisotopic (exact) mass is 265 g/mol. The van der Waals surface area contributed by atoms with Crippen LogP contribution < -0.4 is 10.2 Å². The van der Waals surface area contributed by atoms with Crippen molar-refractivity contribution >= 4 is 17.6 Å². The van der Waals surface area contributed by atoms with E-state index in [1.807, 2.05) is 0 Å². The maximum Gasteiger partial charge on any atom is 0.240 e. The van der Waals surface area contributed by atoms with Crippen LogP contribution in [0, 0.1) is 6.92 Å². The Labute approximate surface area is 112 Å². The minimum absolute atomic E-state index is 0.0161. The van der Waals surface area contributed by atoms with Gasteiger partial charge < -0.3 is 9.84 Å². The van der Waals surface area contributed by atoms with Gasteiger partial charge in [-0.3, -0.25) is 14.5 Å². The predicted octanol–water partition coefficient (Wildman–Crippen LogP) is 1.39. The molecule has 0 aliphatic heterocycles. The van der Waals surface area contributed by atoms with Crippen molar-refractivity contribution in [2.75, 3.05) is 11.4 Å². The van der Waals surface area contributed by atoms with Crippen molar-refractivity contribution in [3.8, 4) is 0 Å². The standard InChI is InChI=1S/C13H19N3O3/c1-9-7-12(15-19-9)16(10(2)17)8-13(18)14-11-5-3-4-6-11/h7,11H,3-6,8H2,1-2H3,(H,14,18). The summed E-state index contributed by atoms with van der Waals surface area (Å²) in [5, 5.41) is 6.72. The van der Waals surface area contributed by atoms with E-state index < -0.39 is 0 Å². The molecule has 1 heterocycles. The molecule has 2 amide bonds. The number of nitrogens with zero attached hydrogens (tertiary/aromatic N) is 2. The molecule has 0 bridgehead atoms. The zero-order chi connectivity index (χ0) is 13.8. The van der Waals surface area contributed by atoms with E-state index in [2.05, 4.69) is 10.5 Å². The lowest BCUT2D eigenvalue weighted by atomic mass is 10.2. The van der Waals surface area contributed by atoms with E-state index in [0.717, 1.165) is 25.7 Å². The van der Waals surface area contributed by atoms with Crippen molar-refractivity contribution in [2.24, 2.45) is 0 Å². The van der Waals surface area contributed by atoms with Gasteiger partial charge in [-0.05, 0) is 19.8 Å². The lowest BCUT2D eigenvalue weighted by Gasteiger charge is -2.19. The average Bonchev–Trinajstić information content (AvgIpc) is 2.97. The zero-order valence-electron chi connectivity index (χ0n) is 11.3. The molecule has 6 heteroatoms. The summed E-state index contributed by atoms with van der Waals surface area (Å²) >= 11 is 0. The second kappa shape index (κ2) is 5.86. The molecule has 104 valence electrons. The summed E-state index contributed by atoms with van der Waals surface area (Å²) in [5.41, 5.74) is 0. The molecule has 1 aromatic rings. The molecule has 1 aliphatic carbocycles. The van der Waals surface area contributed by atoms with Gasteiger partial charge in [-0.15, -0.1) is 0 Å². The quantitative estimate of drug-likeness (QED) is 0.892. The van der Waals surface area contributed by atoms with Gasteiger partial charge in [0, 0.05) is 19.0 Å². The van der Waals surface area contributed by atoms with Gasteiger partial charge in [0.15, 0.2) is 5.82 Å². The molecule has 1 fully saturated rings. The highest BCUT2D eigenvalue weighted by molar-refractivity contribution is 5.96. The first kappa shape index (κ1) is 13.6. The normalized spacial score (nSPS) is 15.5. The minimum atomic E-state index is -0.227. The van der Waals surface area contributed by atoms with Crippen LogP contribution in [0.5, 0.6) is 0 Å². The maximum absolute atomic E-state index is 11.9. The van der Waals surface area contributed by atoms with Crippen LogP contribution in [0.1, 0.15) is 38.4 Å². The summed E-state index contributed by atoms with van der Waals surface area (Å²) < 4.78 is 4.94. The summed E-state index contributed by atoms with van der Waals surface area (Å²) in [7, 11) is 0. The second-order valence-electron chi connectivity index (χ2n) is 4.95. The van der Waals surface area contributed by atoms with E-state index >= 15 is 0 Å². The molecule has 0 unspecified atom stereocenters. The van der Waals surface area contributed by atoms with Crippen molar-refractivity contribution in [3.63, 3.8) is 0 Å². The molecule has 1 N–H and O–H groups in total. The number of aromatic nitrogens is 1. The Morgan fingerprint density at radius 3 is 2.68 bits per heavy atom. The van der Waals surface area contributed by atoms with Gasteiger partial charge in [0.25, 0.3) is 0 Å². The smallest absolute Gasteiger partial charge is 0.240 e. The van der Waals surface area contributed by atoms with Crippen LogP contribution in [0.15, 0.2) is 10.6 Å². The minimum Gasteiger partial charge on any atom is -0.360 e. The Bertz CT molecular complexity index is 463. The third-order valence-electron chi connectivity index (χ3n) is 3.29. The zero-order valence-corrected chi connectivity index (χ0v) is 11.3. The van der Waals surface area contributed by atoms with Gasteiger partial charge in [-0.25, -0.2) is 0 Å². The number of rotatable bonds is 4. The van der Waals surface area contributed by atoms with Gasteiger partial charge in [-0.2, -0.15) is 0 Å². The third kappa shape index (κ3) is 3.56. The first-order chi connectivity index (χ1) is 9.06. The molecule has 19 heavy (non-hydrogen) atoms. The van der Waals surface area contributed by atoms with Crippen LogP contribution in [0.2, 0.25) is 0 Å². The van der Waals surface area contributed by atoms with Crippen molar-refractivity contribution in [1.82, 2.24) is 10.5 Å². The number of hydrogen-bond acceptors (Lipinski definition) is 4. The fraction of sp³-hybridized carbons (Fsp3) is 0.615. The largest absolute Gasteiger partial charge is 0.360 e. The lowest BCUT2D eigenvalue weighted by Crippen LogP contribution is -2.43. The number of hydrogen-bond donors (Lipinski definition) is 1. The Balaban J connectivity index is 1.96. The van der Waals surface area contributed by atoms with E-state index in [-0.39, 0.29) is 24.4 Å². The molecule has 2 rings (SSSR count). The van der Waals surface area contributed by atoms with Gasteiger partial charge in [-0.1, -0.05) is 18.0 Å². The van der Waals surface area contributed by atoms with Crippen LogP contribution in [0.25, 0.3) is 0 Å². The average molecular weight is 265 g/mol. The van der Waals surface area contributed by atoms with Gasteiger partial charge in [0.2, 0.25) is 11.8 Å².